The van der Waals surface area contributed by atoms with Crippen LogP contribution in [-0.4, -0.2) is 62.5 Å². The van der Waals surface area contributed by atoms with E-state index in [1.807, 2.05) is 60.7 Å². The molecule has 3 amide bonds. The van der Waals surface area contributed by atoms with Crippen molar-refractivity contribution in [2.75, 3.05) is 18.5 Å². The average molecular weight is 550 g/mol. The molecule has 3 N–H and O–H groups in total. The third-order valence-corrected chi connectivity index (χ3v) is 10.8. The Labute approximate surface area is 235 Å². The van der Waals surface area contributed by atoms with Crippen molar-refractivity contribution in [2.24, 2.45) is 11.8 Å². The second-order valence-electron chi connectivity index (χ2n) is 11.4. The number of hydrogen-bond donors (Lipinski definition) is 3. The number of amides is 3. The molecule has 0 saturated carbocycles. The Hall–Kier alpha value is -2.84. The fraction of sp³-hybridized carbons (Fsp3) is 0.516. The minimum Gasteiger partial charge on any atom is -0.394 e. The minimum atomic E-state index is -0.737. The van der Waals surface area contributed by atoms with E-state index in [2.05, 4.69) is 24.5 Å². The molecule has 3 fully saturated rings. The highest BCUT2D eigenvalue weighted by molar-refractivity contribution is 8.02. The molecule has 5 rings (SSSR count). The highest BCUT2D eigenvalue weighted by Crippen LogP contribution is 2.71. The van der Waals surface area contributed by atoms with Crippen molar-refractivity contribution < 1.29 is 19.5 Å². The maximum absolute atomic E-state index is 14.4. The molecule has 7 nitrogen and oxygen atoms in total. The second-order valence-corrected chi connectivity index (χ2v) is 13.2. The Kier molecular flexibility index (Phi) is 8.06. The van der Waals surface area contributed by atoms with Gasteiger partial charge in [-0.05, 0) is 50.3 Å². The Morgan fingerprint density at radius 1 is 1.05 bits per heavy atom. The lowest BCUT2D eigenvalue weighted by atomic mass is 9.66. The Morgan fingerprint density at radius 3 is 2.41 bits per heavy atom. The van der Waals surface area contributed by atoms with E-state index in [0.717, 1.165) is 31.2 Å². The number of benzene rings is 2. The van der Waals surface area contributed by atoms with E-state index in [4.69, 9.17) is 0 Å². The quantitative estimate of drug-likeness (QED) is 0.368. The Morgan fingerprint density at radius 2 is 1.74 bits per heavy atom. The first-order valence-corrected chi connectivity index (χ1v) is 15.0. The van der Waals surface area contributed by atoms with Gasteiger partial charge in [-0.2, -0.15) is 0 Å². The van der Waals surface area contributed by atoms with E-state index in [0.29, 0.717) is 25.1 Å². The van der Waals surface area contributed by atoms with Crippen LogP contribution in [-0.2, 0) is 20.8 Å². The van der Waals surface area contributed by atoms with Gasteiger partial charge in [0, 0.05) is 17.0 Å². The predicted molar refractivity (Wildman–Crippen MR) is 154 cm³/mol. The van der Waals surface area contributed by atoms with Gasteiger partial charge in [0.15, 0.2) is 0 Å². The summed E-state index contributed by atoms with van der Waals surface area (Å²) in [5, 5.41) is 16.7. The summed E-state index contributed by atoms with van der Waals surface area (Å²) < 4.78 is -1.15. The van der Waals surface area contributed by atoms with Gasteiger partial charge < -0.3 is 20.6 Å². The van der Waals surface area contributed by atoms with Crippen molar-refractivity contribution >= 4 is 35.2 Å². The van der Waals surface area contributed by atoms with Gasteiger partial charge in [0.2, 0.25) is 17.7 Å². The van der Waals surface area contributed by atoms with Crippen LogP contribution in [0.4, 0.5) is 5.69 Å². The van der Waals surface area contributed by atoms with Crippen molar-refractivity contribution in [3.63, 3.8) is 0 Å². The molecule has 3 aliphatic heterocycles. The van der Waals surface area contributed by atoms with Crippen LogP contribution in [0.25, 0.3) is 0 Å². The molecule has 0 aliphatic carbocycles. The predicted octanol–water partition coefficient (Wildman–Crippen LogP) is 4.02. The molecular formula is C31H39N3O4S. The van der Waals surface area contributed by atoms with Gasteiger partial charge in [0.05, 0.1) is 29.2 Å². The van der Waals surface area contributed by atoms with Gasteiger partial charge in [0.25, 0.3) is 0 Å². The number of unbranched alkanes of at least 4 members (excludes halogenated alkanes) is 2. The third kappa shape index (κ3) is 4.97. The first kappa shape index (κ1) is 27.7. The van der Waals surface area contributed by atoms with Crippen molar-refractivity contribution in [1.29, 1.82) is 0 Å². The summed E-state index contributed by atoms with van der Waals surface area (Å²) in [6.07, 6.45) is 4.82. The van der Waals surface area contributed by atoms with E-state index in [1.165, 1.54) is 0 Å². The van der Waals surface area contributed by atoms with Gasteiger partial charge in [-0.25, -0.2) is 0 Å². The number of carbonyl (C=O) groups is 3. The highest BCUT2D eigenvalue weighted by atomic mass is 32.2. The minimum absolute atomic E-state index is 0.172. The number of thioether (sulfide) groups is 1. The van der Waals surface area contributed by atoms with Crippen molar-refractivity contribution in [1.82, 2.24) is 10.2 Å². The summed E-state index contributed by atoms with van der Waals surface area (Å²) in [6, 6.07) is 17.8. The molecule has 2 aromatic rings. The summed E-state index contributed by atoms with van der Waals surface area (Å²) in [7, 11) is 0. The molecule has 3 aliphatic rings. The van der Waals surface area contributed by atoms with Crippen LogP contribution in [0.15, 0.2) is 60.7 Å². The monoisotopic (exact) mass is 549 g/mol. The van der Waals surface area contributed by atoms with Gasteiger partial charge in [-0.1, -0.05) is 68.3 Å². The van der Waals surface area contributed by atoms with Crippen LogP contribution in [0.5, 0.6) is 0 Å². The van der Waals surface area contributed by atoms with Crippen LogP contribution in [0.3, 0.4) is 0 Å². The number of aliphatic hydroxyl groups is 1. The number of nitrogens with one attached hydrogen (secondary N) is 2. The Bertz CT molecular complexity index is 1190. The number of rotatable bonds is 11. The maximum Gasteiger partial charge on any atom is 0.244 e. The molecule has 3 saturated heterocycles. The molecule has 8 heteroatoms. The lowest BCUT2D eigenvalue weighted by Gasteiger charge is -2.37. The maximum atomic E-state index is 14.4. The smallest absolute Gasteiger partial charge is 0.244 e. The summed E-state index contributed by atoms with van der Waals surface area (Å²) >= 11 is 1.65. The van der Waals surface area contributed by atoms with Gasteiger partial charge in [0.1, 0.15) is 6.04 Å². The third-order valence-electron chi connectivity index (χ3n) is 8.78. The topological polar surface area (TPSA) is 98.7 Å². The van der Waals surface area contributed by atoms with Gasteiger partial charge in [-0.15, -0.1) is 11.8 Å². The Balaban J connectivity index is 1.50. The van der Waals surface area contributed by atoms with E-state index in [1.54, 1.807) is 16.7 Å². The second kappa shape index (κ2) is 11.3. The van der Waals surface area contributed by atoms with E-state index >= 15 is 0 Å². The fourth-order valence-electron chi connectivity index (χ4n) is 7.02. The van der Waals surface area contributed by atoms with E-state index in [-0.39, 0.29) is 24.3 Å². The number of para-hydroxylation sites is 1. The number of anilines is 1. The first-order chi connectivity index (χ1) is 18.8. The molecule has 0 aromatic heterocycles. The van der Waals surface area contributed by atoms with Crippen LogP contribution in [0.1, 0.15) is 51.5 Å². The lowest BCUT2D eigenvalue weighted by Crippen LogP contribution is -2.57. The molecule has 2 bridgehead atoms. The average Bonchev–Trinajstić information content (AvgIpc) is 3.51. The fourth-order valence-corrected chi connectivity index (χ4v) is 9.36. The highest BCUT2D eigenvalue weighted by Gasteiger charge is 2.77. The number of aliphatic hydroxyl groups excluding tert-OH is 1. The van der Waals surface area contributed by atoms with Crippen LogP contribution >= 0.6 is 11.8 Å². The van der Waals surface area contributed by atoms with Crippen molar-refractivity contribution in [3.8, 4) is 0 Å². The van der Waals surface area contributed by atoms with Crippen molar-refractivity contribution in [2.45, 2.75) is 74.0 Å². The molecule has 6 atom stereocenters. The standard InChI is InChI=1S/C31H39N3O4S/c1-3-4-11-18-32-28(37)26-31-17-16-30(2,39-31)24(27(36)33-22-14-9-6-10-15-22)25(31)29(38)34(26)23(20-35)19-21-12-7-5-8-13-21/h5-10,12-15,23-26,35H,3-4,11,16-20H2,1-2H3,(H,32,37)(H,33,36)/t23-,24+,25+,26?,30-,31?/m1/s1. The lowest BCUT2D eigenvalue weighted by molar-refractivity contribution is -0.142. The normalized spacial score (nSPS) is 29.8. The molecule has 3 heterocycles. The van der Waals surface area contributed by atoms with Crippen LogP contribution in [0, 0.1) is 11.8 Å². The molecule has 208 valence electrons. The largest absolute Gasteiger partial charge is 0.394 e. The van der Waals surface area contributed by atoms with Crippen molar-refractivity contribution in [3.05, 3.63) is 66.2 Å². The van der Waals surface area contributed by atoms with Gasteiger partial charge >= 0.3 is 0 Å². The van der Waals surface area contributed by atoms with Crippen LogP contribution in [0.2, 0.25) is 0 Å². The zero-order valence-electron chi connectivity index (χ0n) is 22.8. The molecule has 1 spiro atoms. The first-order valence-electron chi connectivity index (χ1n) is 14.2. The summed E-state index contributed by atoms with van der Waals surface area (Å²) in [4.78, 5) is 43.8. The molecule has 2 aromatic carbocycles. The SMILES string of the molecule is CCCCCNC(=O)C1N([C@@H](CO)Cc2ccccc2)C(=O)[C@@H]2[C@@H](C(=O)Nc3ccccc3)[C@@]3(C)CCC12S3. The van der Waals surface area contributed by atoms with Crippen LogP contribution < -0.4 is 10.6 Å². The molecular weight excluding hydrogens is 510 g/mol. The number of fused-ring (bicyclic) bond motifs is 1. The summed E-state index contributed by atoms with van der Waals surface area (Å²) in [5.41, 5.74) is 1.68. The number of hydrogen-bond acceptors (Lipinski definition) is 5. The number of nitrogens with zero attached hydrogens (tertiary/aromatic N) is 1. The van der Waals surface area contributed by atoms with E-state index in [9.17, 15) is 19.5 Å². The molecule has 39 heavy (non-hydrogen) atoms. The number of likely N-dealkylation sites (tertiary alicyclic amines) is 1. The summed E-state index contributed by atoms with van der Waals surface area (Å²) in [5.74, 6) is -1.73. The van der Waals surface area contributed by atoms with Gasteiger partial charge in [-0.3, -0.25) is 14.4 Å². The number of carbonyl (C=O) groups excluding carboxylic acids is 3. The zero-order valence-corrected chi connectivity index (χ0v) is 23.6. The molecule has 0 radical (unpaired) electrons. The van der Waals surface area contributed by atoms with E-state index < -0.39 is 33.4 Å². The zero-order chi connectivity index (χ0) is 27.6. The summed E-state index contributed by atoms with van der Waals surface area (Å²) in [6.45, 7) is 4.48. The molecule has 2 unspecified atom stereocenters.